The van der Waals surface area contributed by atoms with Crippen LogP contribution >= 0.6 is 0 Å². The smallest absolute Gasteiger partial charge is 0.119 e. The summed E-state index contributed by atoms with van der Waals surface area (Å²) in [5, 5.41) is 22.1. The van der Waals surface area contributed by atoms with E-state index in [-0.39, 0.29) is 11.9 Å². The van der Waals surface area contributed by atoms with Crippen molar-refractivity contribution < 1.29 is 14.9 Å². The molecule has 0 spiro atoms. The van der Waals surface area contributed by atoms with Crippen LogP contribution in [-0.4, -0.2) is 61.6 Å². The second-order valence-corrected chi connectivity index (χ2v) is 8.66. The molecule has 0 radical (unpaired) electrons. The van der Waals surface area contributed by atoms with Gasteiger partial charge in [0.25, 0.3) is 0 Å². The first kappa shape index (κ1) is 21.5. The summed E-state index contributed by atoms with van der Waals surface area (Å²) in [5.41, 5.74) is 3.70. The maximum absolute atomic E-state index is 9.94. The number of benzene rings is 3. The Morgan fingerprint density at radius 1 is 1.00 bits per heavy atom. The van der Waals surface area contributed by atoms with Crippen molar-refractivity contribution in [1.29, 1.82) is 0 Å². The fourth-order valence-corrected chi connectivity index (χ4v) is 4.21. The van der Waals surface area contributed by atoms with Gasteiger partial charge < -0.3 is 24.7 Å². The number of ether oxygens (including phenoxy) is 1. The Morgan fingerprint density at radius 3 is 2.45 bits per heavy atom. The van der Waals surface area contributed by atoms with Crippen molar-refractivity contribution in [2.75, 3.05) is 45.2 Å². The molecule has 31 heavy (non-hydrogen) atoms. The third-order valence-electron chi connectivity index (χ3n) is 6.01. The number of phenols is 1. The van der Waals surface area contributed by atoms with Crippen LogP contribution in [0.1, 0.15) is 24.0 Å². The van der Waals surface area contributed by atoms with Crippen LogP contribution in [0.15, 0.2) is 54.6 Å². The normalized spacial score (nSPS) is 15.0. The molecule has 164 valence electrons. The Morgan fingerprint density at radius 2 is 1.74 bits per heavy atom. The van der Waals surface area contributed by atoms with Gasteiger partial charge in [0, 0.05) is 31.7 Å². The number of fused-ring (bicyclic) bond motifs is 1. The zero-order valence-electron chi connectivity index (χ0n) is 18.4. The van der Waals surface area contributed by atoms with Crippen LogP contribution in [0.25, 0.3) is 10.8 Å². The predicted octanol–water partition coefficient (Wildman–Crippen LogP) is 4.04. The average Bonchev–Trinajstić information content (AvgIpc) is 2.75. The van der Waals surface area contributed by atoms with E-state index in [1.807, 2.05) is 38.4 Å². The van der Waals surface area contributed by atoms with Gasteiger partial charge >= 0.3 is 0 Å². The van der Waals surface area contributed by atoms with Gasteiger partial charge in [-0.25, -0.2) is 0 Å². The molecule has 3 aromatic rings. The van der Waals surface area contributed by atoms with Crippen molar-refractivity contribution in [2.24, 2.45) is 0 Å². The first-order chi connectivity index (χ1) is 15.0. The summed E-state index contributed by atoms with van der Waals surface area (Å²) in [6.45, 7) is 3.27. The van der Waals surface area contributed by atoms with Crippen LogP contribution in [0.2, 0.25) is 0 Å². The van der Waals surface area contributed by atoms with E-state index in [1.54, 1.807) is 6.07 Å². The molecule has 4 rings (SSSR count). The summed E-state index contributed by atoms with van der Waals surface area (Å²) in [4.78, 5) is 4.49. The standard InChI is InChI=1S/C26H32N2O3/c1-27(2)15-16-31-23-7-3-19(4-8-23)17-25-24-9-6-22(30)18-20(24)5-10-26(25)28-13-11-21(29)12-14-28/h3-10,18,21,29-30H,11-17H2,1-2H3. The lowest BCUT2D eigenvalue weighted by molar-refractivity contribution is 0.145. The maximum Gasteiger partial charge on any atom is 0.119 e. The van der Waals surface area contributed by atoms with Crippen molar-refractivity contribution in [1.82, 2.24) is 4.90 Å². The van der Waals surface area contributed by atoms with E-state index in [1.165, 1.54) is 16.8 Å². The SMILES string of the molecule is CN(C)CCOc1ccc(Cc2c(N3CCC(O)CC3)ccc3cc(O)ccc23)cc1. The van der Waals surface area contributed by atoms with Gasteiger partial charge in [-0.05, 0) is 79.2 Å². The fourth-order valence-electron chi connectivity index (χ4n) is 4.21. The highest BCUT2D eigenvalue weighted by molar-refractivity contribution is 5.91. The molecular formula is C26H32N2O3. The second kappa shape index (κ2) is 9.58. The Labute approximate surface area is 184 Å². The summed E-state index contributed by atoms with van der Waals surface area (Å²) in [6, 6.07) is 18.2. The van der Waals surface area contributed by atoms with E-state index in [2.05, 4.69) is 34.1 Å². The minimum Gasteiger partial charge on any atom is -0.508 e. The molecule has 3 aromatic carbocycles. The van der Waals surface area contributed by atoms with Crippen molar-refractivity contribution in [3.63, 3.8) is 0 Å². The van der Waals surface area contributed by atoms with Gasteiger partial charge in [0.1, 0.15) is 18.1 Å². The number of anilines is 1. The molecule has 1 saturated heterocycles. The van der Waals surface area contributed by atoms with Crippen LogP contribution in [0.5, 0.6) is 11.5 Å². The Hall–Kier alpha value is -2.76. The molecule has 0 saturated carbocycles. The lowest BCUT2D eigenvalue weighted by Crippen LogP contribution is -2.36. The van der Waals surface area contributed by atoms with Gasteiger partial charge in [-0.15, -0.1) is 0 Å². The van der Waals surface area contributed by atoms with E-state index in [4.69, 9.17) is 4.74 Å². The number of likely N-dealkylation sites (N-methyl/N-ethyl adjacent to an activating group) is 1. The highest BCUT2D eigenvalue weighted by Gasteiger charge is 2.21. The summed E-state index contributed by atoms with van der Waals surface area (Å²) < 4.78 is 5.83. The molecular weight excluding hydrogens is 388 g/mol. The number of rotatable bonds is 7. The molecule has 1 aliphatic rings. The van der Waals surface area contributed by atoms with E-state index < -0.39 is 0 Å². The first-order valence-corrected chi connectivity index (χ1v) is 11.0. The summed E-state index contributed by atoms with van der Waals surface area (Å²) in [5.74, 6) is 1.17. The number of nitrogens with zero attached hydrogens (tertiary/aromatic N) is 2. The van der Waals surface area contributed by atoms with Gasteiger partial charge in [0.05, 0.1) is 6.10 Å². The first-order valence-electron chi connectivity index (χ1n) is 11.0. The molecule has 5 nitrogen and oxygen atoms in total. The molecule has 5 heteroatoms. The Bertz CT molecular complexity index is 1010. The quantitative estimate of drug-likeness (QED) is 0.604. The number of aliphatic hydroxyl groups excluding tert-OH is 1. The number of aromatic hydroxyl groups is 1. The summed E-state index contributed by atoms with van der Waals surface area (Å²) >= 11 is 0. The van der Waals surface area contributed by atoms with Crippen molar-refractivity contribution in [3.8, 4) is 11.5 Å². The van der Waals surface area contributed by atoms with E-state index >= 15 is 0 Å². The Balaban J connectivity index is 1.61. The number of phenolic OH excluding ortho intramolecular Hbond substituents is 1. The van der Waals surface area contributed by atoms with Crippen molar-refractivity contribution in [3.05, 3.63) is 65.7 Å². The average molecular weight is 421 g/mol. The number of hydrogen-bond acceptors (Lipinski definition) is 5. The third kappa shape index (κ3) is 5.30. The summed E-state index contributed by atoms with van der Waals surface area (Å²) in [7, 11) is 4.08. The van der Waals surface area contributed by atoms with Gasteiger partial charge in [-0.2, -0.15) is 0 Å². The molecule has 1 heterocycles. The fraction of sp³-hybridized carbons (Fsp3) is 0.385. The minimum absolute atomic E-state index is 0.197. The lowest BCUT2D eigenvalue weighted by atomic mass is 9.94. The van der Waals surface area contributed by atoms with Gasteiger partial charge in [0.15, 0.2) is 0 Å². The highest BCUT2D eigenvalue weighted by atomic mass is 16.5. The van der Waals surface area contributed by atoms with Gasteiger partial charge in [-0.3, -0.25) is 0 Å². The highest BCUT2D eigenvalue weighted by Crippen LogP contribution is 2.34. The minimum atomic E-state index is -0.197. The van der Waals surface area contributed by atoms with Crippen molar-refractivity contribution in [2.45, 2.75) is 25.4 Å². The number of piperidine rings is 1. The molecule has 0 aromatic heterocycles. The molecule has 2 N–H and O–H groups in total. The molecule has 0 aliphatic carbocycles. The monoisotopic (exact) mass is 420 g/mol. The molecule has 0 bridgehead atoms. The molecule has 0 atom stereocenters. The number of aliphatic hydroxyl groups is 1. The van der Waals surface area contributed by atoms with Gasteiger partial charge in [0.2, 0.25) is 0 Å². The van der Waals surface area contributed by atoms with E-state index in [0.29, 0.717) is 6.61 Å². The third-order valence-corrected chi connectivity index (χ3v) is 6.01. The maximum atomic E-state index is 9.94. The largest absolute Gasteiger partial charge is 0.508 e. The molecule has 0 unspecified atom stereocenters. The van der Waals surface area contributed by atoms with Crippen LogP contribution in [0.3, 0.4) is 0 Å². The van der Waals surface area contributed by atoms with Crippen molar-refractivity contribution >= 4 is 16.5 Å². The van der Waals surface area contributed by atoms with Crippen LogP contribution < -0.4 is 9.64 Å². The second-order valence-electron chi connectivity index (χ2n) is 8.66. The topological polar surface area (TPSA) is 56.2 Å². The van der Waals surface area contributed by atoms with Crippen LogP contribution in [0, 0.1) is 0 Å². The molecule has 1 fully saturated rings. The lowest BCUT2D eigenvalue weighted by Gasteiger charge is -2.33. The zero-order chi connectivity index (χ0) is 21.8. The molecule has 0 amide bonds. The summed E-state index contributed by atoms with van der Waals surface area (Å²) in [6.07, 6.45) is 2.20. The number of hydrogen-bond donors (Lipinski definition) is 2. The van der Waals surface area contributed by atoms with E-state index in [9.17, 15) is 10.2 Å². The predicted molar refractivity (Wildman–Crippen MR) is 126 cm³/mol. The molecule has 1 aliphatic heterocycles. The van der Waals surface area contributed by atoms with Crippen LogP contribution in [-0.2, 0) is 6.42 Å². The zero-order valence-corrected chi connectivity index (χ0v) is 18.4. The van der Waals surface area contributed by atoms with E-state index in [0.717, 1.165) is 55.4 Å². The van der Waals surface area contributed by atoms with Gasteiger partial charge in [-0.1, -0.05) is 24.3 Å². The van der Waals surface area contributed by atoms with Crippen LogP contribution in [0.4, 0.5) is 5.69 Å². The Kier molecular flexibility index (Phi) is 6.64.